The zero-order chi connectivity index (χ0) is 16.7. The van der Waals surface area contributed by atoms with E-state index in [4.69, 9.17) is 13.9 Å². The van der Waals surface area contributed by atoms with E-state index in [1.165, 1.54) is 12.4 Å². The van der Waals surface area contributed by atoms with Crippen molar-refractivity contribution in [3.63, 3.8) is 0 Å². The van der Waals surface area contributed by atoms with Crippen LogP contribution in [0.15, 0.2) is 38.4 Å². The number of carbonyl (C=O) groups excluding carboxylic acids is 1. The van der Waals surface area contributed by atoms with Gasteiger partial charge in [-0.15, -0.1) is 0 Å². The second kappa shape index (κ2) is 8.33. The zero-order valence-electron chi connectivity index (χ0n) is 12.7. The van der Waals surface area contributed by atoms with Crippen molar-refractivity contribution in [2.75, 3.05) is 13.2 Å². The van der Waals surface area contributed by atoms with E-state index in [1.54, 1.807) is 6.92 Å². The maximum atomic E-state index is 11.9. The number of ether oxygens (including phenoxy) is 2. The van der Waals surface area contributed by atoms with Crippen molar-refractivity contribution in [3.05, 3.63) is 40.3 Å². The average molecular weight is 382 g/mol. The van der Waals surface area contributed by atoms with Gasteiger partial charge in [-0.3, -0.25) is 4.79 Å². The minimum atomic E-state index is -0.569. The molecular weight excluding hydrogens is 366 g/mol. The lowest BCUT2D eigenvalue weighted by Crippen LogP contribution is -2.17. The van der Waals surface area contributed by atoms with Gasteiger partial charge >= 0.3 is 11.9 Å². The molecule has 0 atom stereocenters. The van der Waals surface area contributed by atoms with Gasteiger partial charge < -0.3 is 13.9 Å². The molecule has 1 N–H and O–H groups in total. The smallest absolute Gasteiger partial charge is 0.327 e. The van der Waals surface area contributed by atoms with Gasteiger partial charge in [0.05, 0.1) is 19.4 Å². The van der Waals surface area contributed by atoms with Gasteiger partial charge in [0.15, 0.2) is 0 Å². The molecule has 0 bridgehead atoms. The van der Waals surface area contributed by atoms with Crippen LogP contribution in [0.25, 0.3) is 0 Å². The molecule has 1 aromatic carbocycles. The number of hydrazone groups is 1. The molecule has 0 fully saturated rings. The molecule has 1 amide bonds. The Labute approximate surface area is 141 Å². The molecule has 0 unspecified atom stereocenters. The number of oxazole rings is 1. The minimum Gasteiger partial charge on any atom is -0.493 e. The Kier molecular flexibility index (Phi) is 6.16. The third-order valence-electron chi connectivity index (χ3n) is 2.61. The number of rotatable bonds is 7. The molecule has 23 heavy (non-hydrogen) atoms. The van der Waals surface area contributed by atoms with Crippen molar-refractivity contribution in [2.45, 2.75) is 13.8 Å². The van der Waals surface area contributed by atoms with Crippen molar-refractivity contribution < 1.29 is 18.7 Å². The lowest BCUT2D eigenvalue weighted by molar-refractivity contribution is 0.0912. The molecule has 2 aromatic rings. The van der Waals surface area contributed by atoms with Crippen LogP contribution < -0.4 is 14.9 Å². The first-order valence-corrected chi connectivity index (χ1v) is 7.77. The van der Waals surface area contributed by atoms with Gasteiger partial charge in [0.25, 0.3) is 5.89 Å². The molecule has 0 aliphatic rings. The minimum absolute atomic E-state index is 0.120. The van der Waals surface area contributed by atoms with Crippen molar-refractivity contribution in [3.8, 4) is 11.7 Å². The maximum absolute atomic E-state index is 11.9. The van der Waals surface area contributed by atoms with Gasteiger partial charge in [-0.25, -0.2) is 10.4 Å². The van der Waals surface area contributed by atoms with Crippen LogP contribution in [-0.4, -0.2) is 30.3 Å². The molecule has 0 saturated carbocycles. The maximum Gasteiger partial charge on any atom is 0.327 e. The normalized spacial score (nSPS) is 10.7. The first-order chi connectivity index (χ1) is 11.1. The molecule has 1 heterocycles. The molecule has 1 aromatic heterocycles. The fourth-order valence-electron chi connectivity index (χ4n) is 1.69. The molecular formula is C15H16BrN3O4. The summed E-state index contributed by atoms with van der Waals surface area (Å²) in [5.74, 6) is 0.167. The number of hydrogen-bond acceptors (Lipinski definition) is 6. The fourth-order valence-corrected chi connectivity index (χ4v) is 2.07. The third kappa shape index (κ3) is 4.82. The van der Waals surface area contributed by atoms with Crippen molar-refractivity contribution in [2.24, 2.45) is 5.10 Å². The number of aromatic nitrogens is 1. The van der Waals surface area contributed by atoms with Gasteiger partial charge in [-0.1, -0.05) is 15.9 Å². The number of amides is 1. The first kappa shape index (κ1) is 17.0. The third-order valence-corrected chi connectivity index (χ3v) is 3.10. The SMILES string of the molecule is CCOc1cnc(C(=O)NN=Cc2cc(Br)ccc2OCC)o1. The highest BCUT2D eigenvalue weighted by molar-refractivity contribution is 9.10. The van der Waals surface area contributed by atoms with Gasteiger partial charge in [0, 0.05) is 10.0 Å². The van der Waals surface area contributed by atoms with Crippen molar-refractivity contribution in [1.29, 1.82) is 0 Å². The molecule has 0 aliphatic heterocycles. The average Bonchev–Trinajstić information content (AvgIpc) is 2.99. The Bertz CT molecular complexity index is 700. The molecule has 8 heteroatoms. The highest BCUT2D eigenvalue weighted by atomic mass is 79.9. The number of nitrogens with zero attached hydrogens (tertiary/aromatic N) is 2. The lowest BCUT2D eigenvalue weighted by Gasteiger charge is -2.06. The summed E-state index contributed by atoms with van der Waals surface area (Å²) < 4.78 is 16.6. The number of hydrogen-bond donors (Lipinski definition) is 1. The number of benzene rings is 1. The molecule has 0 aliphatic carbocycles. The van der Waals surface area contributed by atoms with E-state index >= 15 is 0 Å². The van der Waals surface area contributed by atoms with Gasteiger partial charge in [-0.2, -0.15) is 5.10 Å². The zero-order valence-corrected chi connectivity index (χ0v) is 14.3. The van der Waals surface area contributed by atoms with Crippen LogP contribution >= 0.6 is 15.9 Å². The summed E-state index contributed by atoms with van der Waals surface area (Å²) in [6.45, 7) is 4.66. The van der Waals surface area contributed by atoms with E-state index < -0.39 is 5.91 Å². The fraction of sp³-hybridized carbons (Fsp3) is 0.267. The number of halogens is 1. The topological polar surface area (TPSA) is 86.0 Å². The van der Waals surface area contributed by atoms with E-state index in [9.17, 15) is 4.79 Å². The van der Waals surface area contributed by atoms with Gasteiger partial charge in [0.1, 0.15) is 11.9 Å². The van der Waals surface area contributed by atoms with Crippen LogP contribution in [0.3, 0.4) is 0 Å². The Morgan fingerprint density at radius 2 is 2.17 bits per heavy atom. The van der Waals surface area contributed by atoms with Gasteiger partial charge in [0.2, 0.25) is 0 Å². The Morgan fingerprint density at radius 3 is 2.91 bits per heavy atom. The quantitative estimate of drug-likeness (QED) is 0.588. The molecule has 7 nitrogen and oxygen atoms in total. The Hall–Kier alpha value is -2.35. The summed E-state index contributed by atoms with van der Waals surface area (Å²) in [5, 5.41) is 3.89. The molecule has 122 valence electrons. The van der Waals surface area contributed by atoms with E-state index in [0.29, 0.717) is 19.0 Å². The summed E-state index contributed by atoms with van der Waals surface area (Å²) in [5.41, 5.74) is 3.07. The van der Waals surface area contributed by atoms with E-state index in [2.05, 4.69) is 31.4 Å². The van der Waals surface area contributed by atoms with E-state index in [-0.39, 0.29) is 11.8 Å². The monoisotopic (exact) mass is 381 g/mol. The van der Waals surface area contributed by atoms with Crippen molar-refractivity contribution in [1.82, 2.24) is 10.4 Å². The summed E-state index contributed by atoms with van der Waals surface area (Å²) in [6, 6.07) is 5.52. The number of carbonyl (C=O) groups is 1. The molecule has 0 spiro atoms. The van der Waals surface area contributed by atoms with Crippen LogP contribution in [0.1, 0.15) is 30.1 Å². The Morgan fingerprint density at radius 1 is 1.39 bits per heavy atom. The summed E-state index contributed by atoms with van der Waals surface area (Å²) in [6.07, 6.45) is 2.82. The Balaban J connectivity index is 2.03. The molecule has 0 saturated heterocycles. The highest BCUT2D eigenvalue weighted by Crippen LogP contribution is 2.21. The van der Waals surface area contributed by atoms with Crippen molar-refractivity contribution >= 4 is 28.1 Å². The molecule has 0 radical (unpaired) electrons. The lowest BCUT2D eigenvalue weighted by atomic mass is 10.2. The van der Waals surface area contributed by atoms with Gasteiger partial charge in [-0.05, 0) is 32.0 Å². The summed E-state index contributed by atoms with van der Waals surface area (Å²) in [7, 11) is 0. The van der Waals surface area contributed by atoms with Crippen LogP contribution in [0.2, 0.25) is 0 Å². The predicted molar refractivity (Wildman–Crippen MR) is 88.0 cm³/mol. The van der Waals surface area contributed by atoms with Crippen LogP contribution in [-0.2, 0) is 0 Å². The largest absolute Gasteiger partial charge is 0.493 e. The summed E-state index contributed by atoms with van der Waals surface area (Å²) in [4.78, 5) is 15.7. The highest BCUT2D eigenvalue weighted by Gasteiger charge is 2.13. The standard InChI is InChI=1S/C15H16BrN3O4/c1-3-21-12-6-5-11(16)7-10(12)8-18-19-14(20)15-17-9-13(23-15)22-4-2/h5-9H,3-4H2,1-2H3,(H,19,20). The number of nitrogens with one attached hydrogen (secondary N) is 1. The second-order valence-corrected chi connectivity index (χ2v) is 5.15. The summed E-state index contributed by atoms with van der Waals surface area (Å²) >= 11 is 3.38. The second-order valence-electron chi connectivity index (χ2n) is 4.23. The van der Waals surface area contributed by atoms with Crippen LogP contribution in [0.4, 0.5) is 0 Å². The first-order valence-electron chi connectivity index (χ1n) is 6.98. The van der Waals surface area contributed by atoms with E-state index in [0.717, 1.165) is 10.0 Å². The van der Waals surface area contributed by atoms with E-state index in [1.807, 2.05) is 25.1 Å². The predicted octanol–water partition coefficient (Wildman–Crippen LogP) is 3.00. The molecule has 2 rings (SSSR count). The van der Waals surface area contributed by atoms with Crippen LogP contribution in [0, 0.1) is 0 Å². The van der Waals surface area contributed by atoms with Crippen LogP contribution in [0.5, 0.6) is 11.7 Å².